The Kier molecular flexibility index (Phi) is 5.09. The number of hydrogen-bond donors (Lipinski definition) is 1. The molecule has 116 valence electrons. The zero-order valence-electron chi connectivity index (χ0n) is 13.0. The van der Waals surface area contributed by atoms with Gasteiger partial charge in [0.25, 0.3) is 5.91 Å². The Labute approximate surface area is 136 Å². The van der Waals surface area contributed by atoms with Crippen molar-refractivity contribution in [2.45, 2.75) is 32.4 Å². The van der Waals surface area contributed by atoms with Crippen LogP contribution in [0.15, 0.2) is 54.6 Å². The van der Waals surface area contributed by atoms with E-state index < -0.39 is 5.60 Å². The third kappa shape index (κ3) is 4.25. The summed E-state index contributed by atoms with van der Waals surface area (Å²) in [6.45, 7) is 5.44. The molecule has 2 aromatic carbocycles. The van der Waals surface area contributed by atoms with E-state index in [2.05, 4.69) is 5.32 Å². The van der Waals surface area contributed by atoms with Crippen molar-refractivity contribution in [3.63, 3.8) is 0 Å². The second-order valence-electron chi connectivity index (χ2n) is 5.67. The summed E-state index contributed by atoms with van der Waals surface area (Å²) in [6, 6.07) is 16.7. The average molecular weight is 318 g/mol. The quantitative estimate of drug-likeness (QED) is 0.889. The van der Waals surface area contributed by atoms with Gasteiger partial charge < -0.3 is 10.1 Å². The van der Waals surface area contributed by atoms with Crippen molar-refractivity contribution in [3.05, 3.63) is 65.2 Å². The van der Waals surface area contributed by atoms with Crippen LogP contribution in [-0.4, -0.2) is 11.5 Å². The highest BCUT2D eigenvalue weighted by atomic mass is 35.5. The highest BCUT2D eigenvalue weighted by Crippen LogP contribution is 2.22. The maximum atomic E-state index is 12.5. The van der Waals surface area contributed by atoms with E-state index in [4.69, 9.17) is 16.3 Å². The summed E-state index contributed by atoms with van der Waals surface area (Å²) in [7, 11) is 0. The highest BCUT2D eigenvalue weighted by Gasteiger charge is 2.31. The molecule has 0 saturated heterocycles. The topological polar surface area (TPSA) is 38.3 Å². The van der Waals surface area contributed by atoms with Crippen LogP contribution in [0.1, 0.15) is 32.4 Å². The Morgan fingerprint density at radius 2 is 1.68 bits per heavy atom. The molecule has 22 heavy (non-hydrogen) atoms. The predicted molar refractivity (Wildman–Crippen MR) is 89.2 cm³/mol. The first-order chi connectivity index (χ1) is 10.4. The third-order valence-corrected chi connectivity index (χ3v) is 3.63. The molecule has 2 rings (SSSR count). The molecule has 0 radical (unpaired) electrons. The van der Waals surface area contributed by atoms with Gasteiger partial charge >= 0.3 is 0 Å². The number of benzene rings is 2. The molecule has 1 N–H and O–H groups in total. The van der Waals surface area contributed by atoms with Crippen LogP contribution in [0.5, 0.6) is 5.75 Å². The summed E-state index contributed by atoms with van der Waals surface area (Å²) in [5.74, 6) is 0.440. The first-order valence-electron chi connectivity index (χ1n) is 7.19. The lowest BCUT2D eigenvalue weighted by molar-refractivity contribution is -0.134. The second-order valence-corrected chi connectivity index (χ2v) is 6.11. The molecule has 0 aliphatic heterocycles. The summed E-state index contributed by atoms with van der Waals surface area (Å²) in [6.07, 6.45) is 0. The van der Waals surface area contributed by atoms with Gasteiger partial charge in [0, 0.05) is 5.02 Å². The molecule has 0 aliphatic carbocycles. The van der Waals surface area contributed by atoms with E-state index in [1.54, 1.807) is 38.1 Å². The molecule has 3 nitrogen and oxygen atoms in total. The van der Waals surface area contributed by atoms with Gasteiger partial charge in [-0.15, -0.1) is 0 Å². The lowest BCUT2D eigenvalue weighted by Crippen LogP contribution is -2.47. The second kappa shape index (κ2) is 6.84. The molecule has 0 fully saturated rings. The van der Waals surface area contributed by atoms with Crippen molar-refractivity contribution in [2.24, 2.45) is 0 Å². The molecule has 1 atom stereocenters. The normalized spacial score (nSPS) is 12.5. The minimum atomic E-state index is -0.975. The fourth-order valence-electron chi connectivity index (χ4n) is 2.04. The van der Waals surface area contributed by atoms with Gasteiger partial charge in [0.2, 0.25) is 0 Å². The zero-order chi connectivity index (χ0) is 16.2. The minimum Gasteiger partial charge on any atom is -0.478 e. The van der Waals surface area contributed by atoms with Crippen molar-refractivity contribution < 1.29 is 9.53 Å². The summed E-state index contributed by atoms with van der Waals surface area (Å²) in [5, 5.41) is 3.61. The molecular weight excluding hydrogens is 298 g/mol. The van der Waals surface area contributed by atoms with Gasteiger partial charge in [-0.05, 0) is 50.6 Å². The number of carbonyl (C=O) groups excluding carboxylic acids is 1. The van der Waals surface area contributed by atoms with Gasteiger partial charge in [0.15, 0.2) is 5.60 Å². The number of halogens is 1. The smallest absolute Gasteiger partial charge is 0.264 e. The molecule has 0 saturated carbocycles. The van der Waals surface area contributed by atoms with E-state index in [9.17, 15) is 4.79 Å². The van der Waals surface area contributed by atoms with Crippen molar-refractivity contribution in [1.29, 1.82) is 0 Å². The van der Waals surface area contributed by atoms with Gasteiger partial charge in [-0.25, -0.2) is 0 Å². The number of hydrogen-bond acceptors (Lipinski definition) is 2. The van der Waals surface area contributed by atoms with Crippen molar-refractivity contribution >= 4 is 17.5 Å². The average Bonchev–Trinajstić information content (AvgIpc) is 2.50. The maximum Gasteiger partial charge on any atom is 0.264 e. The Hall–Kier alpha value is -2.00. The van der Waals surface area contributed by atoms with Crippen LogP contribution in [0.4, 0.5) is 0 Å². The predicted octanol–water partition coefficient (Wildman–Crippen LogP) is 4.37. The summed E-state index contributed by atoms with van der Waals surface area (Å²) in [4.78, 5) is 12.5. The number of amides is 1. The highest BCUT2D eigenvalue weighted by molar-refractivity contribution is 6.30. The van der Waals surface area contributed by atoms with Crippen LogP contribution in [0, 0.1) is 0 Å². The van der Waals surface area contributed by atoms with Gasteiger partial charge in [-0.2, -0.15) is 0 Å². The van der Waals surface area contributed by atoms with E-state index in [1.807, 2.05) is 37.3 Å². The lowest BCUT2D eigenvalue weighted by Gasteiger charge is -2.27. The van der Waals surface area contributed by atoms with E-state index in [0.717, 1.165) is 5.56 Å². The first-order valence-corrected chi connectivity index (χ1v) is 7.57. The van der Waals surface area contributed by atoms with Crippen LogP contribution < -0.4 is 10.1 Å². The molecule has 0 unspecified atom stereocenters. The monoisotopic (exact) mass is 317 g/mol. The van der Waals surface area contributed by atoms with Gasteiger partial charge in [-0.1, -0.05) is 41.9 Å². The fraction of sp³-hybridized carbons (Fsp3) is 0.278. The number of ether oxygens (including phenoxy) is 1. The molecule has 0 aromatic heterocycles. The molecule has 2 aromatic rings. The van der Waals surface area contributed by atoms with Crippen LogP contribution in [0.3, 0.4) is 0 Å². The van der Waals surface area contributed by atoms with Crippen LogP contribution in [-0.2, 0) is 4.79 Å². The Morgan fingerprint density at radius 1 is 1.09 bits per heavy atom. The van der Waals surface area contributed by atoms with Gasteiger partial charge in [0.05, 0.1) is 6.04 Å². The van der Waals surface area contributed by atoms with E-state index in [1.165, 1.54) is 0 Å². The number of nitrogens with one attached hydrogen (secondary N) is 1. The third-order valence-electron chi connectivity index (χ3n) is 3.38. The summed E-state index contributed by atoms with van der Waals surface area (Å²) in [5.41, 5.74) is 0.0785. The Morgan fingerprint density at radius 3 is 2.27 bits per heavy atom. The van der Waals surface area contributed by atoms with Crippen LogP contribution in [0.25, 0.3) is 0 Å². The van der Waals surface area contributed by atoms with Crippen molar-refractivity contribution in [1.82, 2.24) is 5.32 Å². The molecule has 0 heterocycles. The molecule has 0 aliphatic rings. The molecule has 0 bridgehead atoms. The van der Waals surface area contributed by atoms with Gasteiger partial charge in [-0.3, -0.25) is 4.79 Å². The van der Waals surface area contributed by atoms with E-state index in [0.29, 0.717) is 10.8 Å². The van der Waals surface area contributed by atoms with E-state index in [-0.39, 0.29) is 11.9 Å². The van der Waals surface area contributed by atoms with Crippen LogP contribution in [0.2, 0.25) is 5.02 Å². The lowest BCUT2D eigenvalue weighted by atomic mass is 10.1. The first kappa shape index (κ1) is 16.4. The Balaban J connectivity index is 2.02. The Bertz CT molecular complexity index is 623. The number of carbonyl (C=O) groups is 1. The van der Waals surface area contributed by atoms with Gasteiger partial charge in [0.1, 0.15) is 5.75 Å². The molecular formula is C18H20ClNO2. The molecule has 1 amide bonds. The minimum absolute atomic E-state index is 0.0817. The number of rotatable bonds is 5. The van der Waals surface area contributed by atoms with Crippen molar-refractivity contribution in [3.8, 4) is 5.75 Å². The fourth-order valence-corrected chi connectivity index (χ4v) is 2.17. The largest absolute Gasteiger partial charge is 0.478 e. The molecule has 4 heteroatoms. The van der Waals surface area contributed by atoms with E-state index >= 15 is 0 Å². The SMILES string of the molecule is C[C@@H](NC(=O)C(C)(C)Oc1ccc(Cl)cc1)c1ccccc1. The maximum absolute atomic E-state index is 12.5. The van der Waals surface area contributed by atoms with Crippen LogP contribution >= 0.6 is 11.6 Å². The zero-order valence-corrected chi connectivity index (χ0v) is 13.7. The standard InChI is InChI=1S/C18H20ClNO2/c1-13(14-7-5-4-6-8-14)20-17(21)18(2,3)22-16-11-9-15(19)10-12-16/h4-13H,1-3H3,(H,20,21)/t13-/m1/s1. The van der Waals surface area contributed by atoms with Crippen molar-refractivity contribution in [2.75, 3.05) is 0 Å². The summed E-state index contributed by atoms with van der Waals surface area (Å²) >= 11 is 5.85. The molecule has 0 spiro atoms. The summed E-state index contributed by atoms with van der Waals surface area (Å²) < 4.78 is 5.78.